The van der Waals surface area contributed by atoms with E-state index < -0.39 is 6.43 Å². The minimum Gasteiger partial charge on any atom is -0.298 e. The molecule has 2 aromatic rings. The van der Waals surface area contributed by atoms with Crippen LogP contribution >= 0.6 is 0 Å². The number of hydrogen-bond donors (Lipinski definition) is 0. The SMILES string of the molecule is O=Cc1cnc2nc(C(F)F)ccc2c1. The van der Waals surface area contributed by atoms with Crippen molar-refractivity contribution in [1.29, 1.82) is 0 Å². The average molecular weight is 208 g/mol. The molecule has 0 amide bonds. The molecule has 0 saturated heterocycles. The van der Waals surface area contributed by atoms with E-state index in [1.807, 2.05) is 0 Å². The van der Waals surface area contributed by atoms with Crippen LogP contribution in [0.4, 0.5) is 8.78 Å². The number of nitrogens with zero attached hydrogens (tertiary/aromatic N) is 2. The minimum atomic E-state index is -2.61. The Hall–Kier alpha value is -1.91. The van der Waals surface area contributed by atoms with E-state index >= 15 is 0 Å². The molecule has 5 heteroatoms. The van der Waals surface area contributed by atoms with Crippen molar-refractivity contribution in [2.45, 2.75) is 6.43 Å². The highest BCUT2D eigenvalue weighted by Crippen LogP contribution is 2.19. The molecule has 2 rings (SSSR count). The van der Waals surface area contributed by atoms with Crippen molar-refractivity contribution >= 4 is 17.3 Å². The van der Waals surface area contributed by atoms with E-state index in [1.165, 1.54) is 18.3 Å². The molecule has 15 heavy (non-hydrogen) atoms. The van der Waals surface area contributed by atoms with E-state index in [2.05, 4.69) is 9.97 Å². The van der Waals surface area contributed by atoms with Gasteiger partial charge in [0.1, 0.15) is 5.69 Å². The van der Waals surface area contributed by atoms with Gasteiger partial charge in [0.15, 0.2) is 11.9 Å². The lowest BCUT2D eigenvalue weighted by atomic mass is 10.2. The minimum absolute atomic E-state index is 0.221. The van der Waals surface area contributed by atoms with Crippen molar-refractivity contribution in [3.05, 3.63) is 35.7 Å². The first-order chi connectivity index (χ1) is 7.20. The maximum Gasteiger partial charge on any atom is 0.280 e. The van der Waals surface area contributed by atoms with Crippen LogP contribution in [0.3, 0.4) is 0 Å². The molecule has 3 nitrogen and oxygen atoms in total. The van der Waals surface area contributed by atoms with E-state index in [4.69, 9.17) is 0 Å². The summed E-state index contributed by atoms with van der Waals surface area (Å²) in [6, 6.07) is 4.25. The van der Waals surface area contributed by atoms with Crippen molar-refractivity contribution in [3.8, 4) is 0 Å². The van der Waals surface area contributed by atoms with Crippen LogP contribution in [0.1, 0.15) is 22.5 Å². The molecule has 0 atom stereocenters. The van der Waals surface area contributed by atoms with Crippen LogP contribution in [0.5, 0.6) is 0 Å². The van der Waals surface area contributed by atoms with Gasteiger partial charge in [0, 0.05) is 17.1 Å². The van der Waals surface area contributed by atoms with Gasteiger partial charge in [-0.05, 0) is 18.2 Å². The van der Waals surface area contributed by atoms with Gasteiger partial charge in [0.2, 0.25) is 0 Å². The zero-order chi connectivity index (χ0) is 10.8. The van der Waals surface area contributed by atoms with Crippen LogP contribution in [0.2, 0.25) is 0 Å². The van der Waals surface area contributed by atoms with Crippen LogP contribution in [0, 0.1) is 0 Å². The number of alkyl halides is 2. The first kappa shape index (κ1) is 9.64. The van der Waals surface area contributed by atoms with Gasteiger partial charge in [0.05, 0.1) is 0 Å². The molecule has 0 aromatic carbocycles. The summed E-state index contributed by atoms with van der Waals surface area (Å²) in [5.41, 5.74) is 0.307. The second-order valence-electron chi connectivity index (χ2n) is 2.97. The topological polar surface area (TPSA) is 42.9 Å². The van der Waals surface area contributed by atoms with Crippen LogP contribution in [0.15, 0.2) is 24.4 Å². The van der Waals surface area contributed by atoms with Gasteiger partial charge < -0.3 is 0 Å². The van der Waals surface area contributed by atoms with Crippen LogP contribution < -0.4 is 0 Å². The summed E-state index contributed by atoms with van der Waals surface area (Å²) in [5, 5.41) is 0.573. The van der Waals surface area contributed by atoms with E-state index in [0.29, 0.717) is 17.2 Å². The molecular formula is C10H6F2N2O. The lowest BCUT2D eigenvalue weighted by molar-refractivity contribution is 0.112. The molecule has 0 aliphatic rings. The number of pyridine rings is 2. The number of aromatic nitrogens is 2. The predicted molar refractivity (Wildman–Crippen MR) is 49.9 cm³/mol. The molecule has 0 N–H and O–H groups in total. The number of aldehydes is 1. The highest BCUT2D eigenvalue weighted by atomic mass is 19.3. The Labute approximate surface area is 83.8 Å². The number of hydrogen-bond acceptors (Lipinski definition) is 3. The molecule has 0 bridgehead atoms. The fourth-order valence-corrected chi connectivity index (χ4v) is 1.23. The molecule has 0 saturated carbocycles. The summed E-state index contributed by atoms with van der Waals surface area (Å²) < 4.78 is 24.6. The molecule has 2 aromatic heterocycles. The van der Waals surface area contributed by atoms with Gasteiger partial charge >= 0.3 is 0 Å². The number of carbonyl (C=O) groups excluding carboxylic acids is 1. The Morgan fingerprint density at radius 1 is 1.33 bits per heavy atom. The normalized spacial score (nSPS) is 10.9. The van der Waals surface area contributed by atoms with Crippen LogP contribution in [-0.2, 0) is 0 Å². The summed E-state index contributed by atoms with van der Waals surface area (Å²) in [5.74, 6) is 0. The van der Waals surface area contributed by atoms with Gasteiger partial charge in [-0.3, -0.25) is 4.79 Å². The Balaban J connectivity index is 2.59. The van der Waals surface area contributed by atoms with E-state index in [-0.39, 0.29) is 11.3 Å². The summed E-state index contributed by atoms with van der Waals surface area (Å²) >= 11 is 0. The van der Waals surface area contributed by atoms with Crippen molar-refractivity contribution < 1.29 is 13.6 Å². The fourth-order valence-electron chi connectivity index (χ4n) is 1.23. The number of rotatable bonds is 2. The first-order valence-corrected chi connectivity index (χ1v) is 4.21. The quantitative estimate of drug-likeness (QED) is 0.711. The van der Waals surface area contributed by atoms with E-state index in [9.17, 15) is 13.6 Å². The van der Waals surface area contributed by atoms with Gasteiger partial charge in [-0.1, -0.05) is 0 Å². The molecule has 2 heterocycles. The lowest BCUT2D eigenvalue weighted by Crippen LogP contribution is -1.93. The third kappa shape index (κ3) is 1.81. The zero-order valence-corrected chi connectivity index (χ0v) is 7.52. The molecular weight excluding hydrogens is 202 g/mol. The standard InChI is InChI=1S/C10H6F2N2O/c11-9(12)8-2-1-7-3-6(5-15)4-13-10(7)14-8/h1-5,9H. The third-order valence-electron chi connectivity index (χ3n) is 1.94. The zero-order valence-electron chi connectivity index (χ0n) is 7.52. The van der Waals surface area contributed by atoms with Gasteiger partial charge in [-0.25, -0.2) is 18.7 Å². The fraction of sp³-hybridized carbons (Fsp3) is 0.100. The van der Waals surface area contributed by atoms with Gasteiger partial charge in [-0.2, -0.15) is 0 Å². The van der Waals surface area contributed by atoms with Crippen molar-refractivity contribution in [1.82, 2.24) is 9.97 Å². The largest absolute Gasteiger partial charge is 0.298 e. The molecule has 0 aliphatic carbocycles. The highest BCUT2D eigenvalue weighted by molar-refractivity contribution is 5.83. The first-order valence-electron chi connectivity index (χ1n) is 4.21. The molecule has 0 spiro atoms. The number of fused-ring (bicyclic) bond motifs is 1. The number of carbonyl (C=O) groups is 1. The summed E-state index contributed by atoms with van der Waals surface area (Å²) in [7, 11) is 0. The Kier molecular flexibility index (Phi) is 2.37. The van der Waals surface area contributed by atoms with E-state index in [0.717, 1.165) is 0 Å². The Morgan fingerprint density at radius 3 is 2.80 bits per heavy atom. The second-order valence-corrected chi connectivity index (χ2v) is 2.97. The monoisotopic (exact) mass is 208 g/mol. The summed E-state index contributed by atoms with van der Waals surface area (Å²) in [6.45, 7) is 0. The highest BCUT2D eigenvalue weighted by Gasteiger charge is 2.09. The van der Waals surface area contributed by atoms with Crippen molar-refractivity contribution in [3.63, 3.8) is 0 Å². The predicted octanol–water partition coefficient (Wildman–Crippen LogP) is 2.38. The molecule has 0 radical (unpaired) electrons. The Bertz CT molecular complexity index is 514. The number of halogens is 2. The van der Waals surface area contributed by atoms with Crippen molar-refractivity contribution in [2.75, 3.05) is 0 Å². The Morgan fingerprint density at radius 2 is 2.13 bits per heavy atom. The molecule has 0 fully saturated rings. The maximum atomic E-state index is 12.3. The summed E-state index contributed by atoms with van der Waals surface area (Å²) in [4.78, 5) is 17.9. The lowest BCUT2D eigenvalue weighted by Gasteiger charge is -2.01. The summed E-state index contributed by atoms with van der Waals surface area (Å²) in [6.07, 6.45) is -0.660. The third-order valence-corrected chi connectivity index (χ3v) is 1.94. The van der Waals surface area contributed by atoms with Crippen LogP contribution in [0.25, 0.3) is 11.0 Å². The average Bonchev–Trinajstić information content (AvgIpc) is 2.27. The van der Waals surface area contributed by atoms with Gasteiger partial charge in [-0.15, -0.1) is 0 Å². The van der Waals surface area contributed by atoms with Gasteiger partial charge in [0.25, 0.3) is 6.43 Å². The van der Waals surface area contributed by atoms with Crippen molar-refractivity contribution in [2.24, 2.45) is 0 Å². The molecule has 0 unspecified atom stereocenters. The second kappa shape index (κ2) is 3.68. The van der Waals surface area contributed by atoms with Crippen LogP contribution in [-0.4, -0.2) is 16.3 Å². The molecule has 0 aliphatic heterocycles. The van der Waals surface area contributed by atoms with E-state index in [1.54, 1.807) is 6.07 Å². The maximum absolute atomic E-state index is 12.3. The smallest absolute Gasteiger partial charge is 0.280 e. The molecule has 76 valence electrons.